The van der Waals surface area contributed by atoms with Gasteiger partial charge < -0.3 is 15.5 Å². The normalized spacial score (nSPS) is 14.4. The highest BCUT2D eigenvalue weighted by atomic mass is 16.2. The zero-order valence-corrected chi connectivity index (χ0v) is 19.0. The van der Waals surface area contributed by atoms with Crippen LogP contribution in [0, 0.1) is 0 Å². The second-order valence-electron chi connectivity index (χ2n) is 7.88. The van der Waals surface area contributed by atoms with Crippen LogP contribution in [0.2, 0.25) is 0 Å². The zero-order valence-electron chi connectivity index (χ0n) is 19.0. The van der Waals surface area contributed by atoms with Crippen molar-refractivity contribution in [2.24, 2.45) is 4.99 Å². The topological polar surface area (TPSA) is 60.0 Å². The largest absolute Gasteiger partial charge is 0.352 e. The predicted octanol–water partition coefficient (Wildman–Crippen LogP) is 3.52. The second-order valence-corrected chi connectivity index (χ2v) is 7.88. The highest BCUT2D eigenvalue weighted by molar-refractivity contribution is 5.95. The molecule has 1 saturated heterocycles. The summed E-state index contributed by atoms with van der Waals surface area (Å²) in [6, 6.07) is 16.9. The summed E-state index contributed by atoms with van der Waals surface area (Å²) in [7, 11) is 1.79. The molecule has 1 aliphatic heterocycles. The molecule has 31 heavy (non-hydrogen) atoms. The third-order valence-electron chi connectivity index (χ3n) is 5.76. The fourth-order valence-electron chi connectivity index (χ4n) is 3.85. The van der Waals surface area contributed by atoms with Gasteiger partial charge in [-0.3, -0.25) is 14.7 Å². The molecule has 2 aromatic rings. The first kappa shape index (κ1) is 22.8. The van der Waals surface area contributed by atoms with Crippen LogP contribution < -0.4 is 15.5 Å². The van der Waals surface area contributed by atoms with Crippen LogP contribution in [0.25, 0.3) is 0 Å². The Morgan fingerprint density at radius 1 is 1.00 bits per heavy atom. The first-order valence-electron chi connectivity index (χ1n) is 11.3. The molecule has 0 aliphatic carbocycles. The Balaban J connectivity index is 1.49. The van der Waals surface area contributed by atoms with E-state index < -0.39 is 0 Å². The molecule has 3 rings (SSSR count). The van der Waals surface area contributed by atoms with Crippen LogP contribution in [0.1, 0.15) is 43.4 Å². The Hall–Kier alpha value is -2.86. The smallest absolute Gasteiger partial charge is 0.227 e. The van der Waals surface area contributed by atoms with Crippen molar-refractivity contribution in [2.75, 3.05) is 31.6 Å². The summed E-state index contributed by atoms with van der Waals surface area (Å²) in [5.41, 5.74) is 4.72. The molecule has 1 aliphatic rings. The maximum absolute atomic E-state index is 11.9. The molecule has 1 fully saturated rings. The Labute approximate surface area is 186 Å². The third kappa shape index (κ3) is 6.56. The summed E-state index contributed by atoms with van der Waals surface area (Å²) in [5.74, 6) is 0.990. The summed E-state index contributed by atoms with van der Waals surface area (Å²) in [6.07, 6.45) is 1.60. The van der Waals surface area contributed by atoms with E-state index in [1.165, 1.54) is 11.1 Å². The molecule has 6 nitrogen and oxygen atoms in total. The molecule has 1 heterocycles. The number of anilines is 1. The Morgan fingerprint density at radius 3 is 2.29 bits per heavy atom. The summed E-state index contributed by atoms with van der Waals surface area (Å²) < 4.78 is 0. The van der Waals surface area contributed by atoms with Gasteiger partial charge in [0.25, 0.3) is 0 Å². The Bertz CT molecular complexity index is 874. The van der Waals surface area contributed by atoms with Gasteiger partial charge in [0.05, 0.1) is 0 Å². The number of hydrogen-bond acceptors (Lipinski definition) is 3. The molecule has 0 bridgehead atoms. The minimum Gasteiger partial charge on any atom is -0.352 e. The van der Waals surface area contributed by atoms with E-state index in [0.717, 1.165) is 56.4 Å². The van der Waals surface area contributed by atoms with Crippen LogP contribution in [-0.4, -0.2) is 43.4 Å². The Kier molecular flexibility index (Phi) is 8.47. The van der Waals surface area contributed by atoms with Gasteiger partial charge in [0.15, 0.2) is 5.96 Å². The van der Waals surface area contributed by atoms with E-state index in [-0.39, 0.29) is 5.91 Å². The van der Waals surface area contributed by atoms with E-state index in [2.05, 4.69) is 70.8 Å². The van der Waals surface area contributed by atoms with Gasteiger partial charge in [0.1, 0.15) is 0 Å². The van der Waals surface area contributed by atoms with Crippen LogP contribution in [0.3, 0.4) is 0 Å². The van der Waals surface area contributed by atoms with Gasteiger partial charge in [-0.1, -0.05) is 50.2 Å². The summed E-state index contributed by atoms with van der Waals surface area (Å²) >= 11 is 0. The number of nitrogens with zero attached hydrogens (tertiary/aromatic N) is 3. The van der Waals surface area contributed by atoms with E-state index in [4.69, 9.17) is 0 Å². The molecule has 0 spiro atoms. The van der Waals surface area contributed by atoms with Crippen molar-refractivity contribution in [3.05, 3.63) is 65.2 Å². The lowest BCUT2D eigenvalue weighted by atomic mass is 10.1. The fourth-order valence-corrected chi connectivity index (χ4v) is 3.85. The number of carbonyl (C=O) groups excluding carboxylic acids is 1. The van der Waals surface area contributed by atoms with Crippen molar-refractivity contribution in [1.82, 2.24) is 15.5 Å². The summed E-state index contributed by atoms with van der Waals surface area (Å²) in [5, 5.41) is 6.77. The van der Waals surface area contributed by atoms with Crippen LogP contribution in [0.4, 0.5) is 5.69 Å². The molecule has 2 aromatic carbocycles. The predicted molar refractivity (Wildman–Crippen MR) is 128 cm³/mol. The zero-order chi connectivity index (χ0) is 22.1. The number of rotatable bonds is 9. The van der Waals surface area contributed by atoms with Gasteiger partial charge in [0.2, 0.25) is 5.91 Å². The molecule has 2 N–H and O–H groups in total. The van der Waals surface area contributed by atoms with Crippen LogP contribution in [0.15, 0.2) is 53.5 Å². The van der Waals surface area contributed by atoms with Gasteiger partial charge in [-0.05, 0) is 48.3 Å². The van der Waals surface area contributed by atoms with Gasteiger partial charge in [-0.25, -0.2) is 0 Å². The molecule has 0 atom stereocenters. The molecule has 0 radical (unpaired) electrons. The molecule has 1 amide bonds. The van der Waals surface area contributed by atoms with Gasteiger partial charge in [0, 0.05) is 45.3 Å². The van der Waals surface area contributed by atoms with E-state index in [0.29, 0.717) is 13.0 Å². The molecule has 6 heteroatoms. The van der Waals surface area contributed by atoms with E-state index >= 15 is 0 Å². The minimum absolute atomic E-state index is 0.219. The first-order chi connectivity index (χ1) is 15.1. The monoisotopic (exact) mass is 421 g/mol. The van der Waals surface area contributed by atoms with Gasteiger partial charge >= 0.3 is 0 Å². The summed E-state index contributed by atoms with van der Waals surface area (Å²) in [4.78, 5) is 20.5. The molecule has 0 aromatic heterocycles. The van der Waals surface area contributed by atoms with Crippen LogP contribution in [-0.2, 0) is 24.4 Å². The first-order valence-corrected chi connectivity index (χ1v) is 11.3. The number of aliphatic imine (C=N–C) groups is 1. The van der Waals surface area contributed by atoms with Crippen molar-refractivity contribution in [3.63, 3.8) is 0 Å². The van der Waals surface area contributed by atoms with Crippen molar-refractivity contribution >= 4 is 17.6 Å². The lowest BCUT2D eigenvalue weighted by molar-refractivity contribution is -0.117. The third-order valence-corrected chi connectivity index (χ3v) is 5.76. The average Bonchev–Trinajstić information content (AvgIpc) is 3.24. The highest BCUT2D eigenvalue weighted by Gasteiger charge is 2.21. The minimum atomic E-state index is 0.219. The van der Waals surface area contributed by atoms with Gasteiger partial charge in [-0.2, -0.15) is 0 Å². The van der Waals surface area contributed by atoms with Crippen molar-refractivity contribution in [2.45, 2.75) is 46.3 Å². The number of amides is 1. The lowest BCUT2D eigenvalue weighted by Gasteiger charge is -2.18. The molecule has 0 saturated carbocycles. The highest BCUT2D eigenvalue weighted by Crippen LogP contribution is 2.21. The van der Waals surface area contributed by atoms with Crippen molar-refractivity contribution in [3.8, 4) is 0 Å². The van der Waals surface area contributed by atoms with Crippen molar-refractivity contribution in [1.29, 1.82) is 0 Å². The fraction of sp³-hybridized carbons (Fsp3) is 0.440. The number of carbonyl (C=O) groups is 1. The number of guanidine groups is 1. The van der Waals surface area contributed by atoms with Crippen LogP contribution >= 0.6 is 0 Å². The molecular formula is C25H35N5O. The lowest BCUT2D eigenvalue weighted by Crippen LogP contribution is -2.36. The van der Waals surface area contributed by atoms with E-state index in [1.807, 2.05) is 17.0 Å². The Morgan fingerprint density at radius 2 is 1.68 bits per heavy atom. The number of benzene rings is 2. The summed E-state index contributed by atoms with van der Waals surface area (Å²) in [6.45, 7) is 9.72. The van der Waals surface area contributed by atoms with Crippen LogP contribution in [0.5, 0.6) is 0 Å². The maximum atomic E-state index is 11.9. The van der Waals surface area contributed by atoms with E-state index in [9.17, 15) is 4.79 Å². The van der Waals surface area contributed by atoms with Gasteiger partial charge in [-0.15, -0.1) is 0 Å². The van der Waals surface area contributed by atoms with E-state index in [1.54, 1.807) is 7.05 Å². The average molecular weight is 422 g/mol. The van der Waals surface area contributed by atoms with Crippen molar-refractivity contribution < 1.29 is 4.79 Å². The quantitative estimate of drug-likeness (QED) is 0.480. The molecule has 0 unspecified atom stereocenters. The SMILES string of the molecule is CCN(CC)Cc1cccc(CNC(=NC)NCc2ccc(N3CCCC3=O)cc2)c1. The number of hydrogen-bond donors (Lipinski definition) is 2. The molecule has 166 valence electrons. The molecular weight excluding hydrogens is 386 g/mol. The standard InChI is InChI=1S/C25H35N5O/c1-4-29(5-2)19-22-9-6-8-21(16-22)18-28-25(26-3)27-17-20-11-13-23(14-12-20)30-15-7-10-24(30)31/h6,8-9,11-14,16H,4-5,7,10,15,17-19H2,1-3H3,(H2,26,27,28). The second kappa shape index (κ2) is 11.5. The maximum Gasteiger partial charge on any atom is 0.227 e. The number of nitrogens with one attached hydrogen (secondary N) is 2.